The van der Waals surface area contributed by atoms with Crippen LogP contribution in [0.5, 0.6) is 0 Å². The van der Waals surface area contributed by atoms with Crippen LogP contribution < -0.4 is 27.0 Å². The average Bonchev–Trinajstić information content (AvgIpc) is 3.99. The van der Waals surface area contributed by atoms with E-state index >= 15 is 0 Å². The molecule has 17 nitrogen and oxygen atoms in total. The van der Waals surface area contributed by atoms with Gasteiger partial charge in [-0.15, -0.1) is 0 Å². The number of methoxy groups -OCH3 is 2. The number of anilines is 1. The van der Waals surface area contributed by atoms with Crippen LogP contribution >= 0.6 is 0 Å². The number of likely N-dealkylation sites (tertiary alicyclic amines) is 2. The van der Waals surface area contributed by atoms with E-state index in [-0.39, 0.29) is 25.9 Å². The molecule has 0 unspecified atom stereocenters. The number of halogens is 1. The maximum atomic E-state index is 14.6. The van der Waals surface area contributed by atoms with Crippen LogP contribution in [0.3, 0.4) is 0 Å². The fraction of sp³-hybridized carbons (Fsp3) is 0.500. The predicted molar refractivity (Wildman–Crippen MR) is 241 cm³/mol. The number of carbonyl (C=O) groups is 6. The van der Waals surface area contributed by atoms with Crippen LogP contribution in [-0.2, 0) is 39.7 Å². The standard InChI is InChI=1S/C48H62FN7O10/c1-45(2,3)37(52-43(61)62)39(57)54-25-9-23-47(54,41(50)59)29-15-11-27(12-16-29)33-35(65-7)36(66-8)34(56(33)32-21-19-31(49)20-22-32)28-13-17-30(18-14-28)48(42(51)60)24-10-26-55(48)40(58)38(46(4,5)6)53-44(63)64/h11-22,33-38,52-53H,9-10,23-26H2,1-8H3,(H2,50,59)(H2,51,60)(H,61,62)(H,63,64)/t33-,34-,35+,36+,37+,38+,47-,48-/m0/s1. The molecular weight excluding hydrogens is 854 g/mol. The van der Waals surface area contributed by atoms with E-state index in [1.54, 1.807) is 92.2 Å². The first-order valence-electron chi connectivity index (χ1n) is 22.0. The van der Waals surface area contributed by atoms with E-state index in [1.165, 1.54) is 21.9 Å². The number of benzene rings is 3. The Bertz CT molecular complexity index is 2180. The topological polar surface area (TPSA) is 247 Å². The van der Waals surface area contributed by atoms with Gasteiger partial charge in [-0.3, -0.25) is 19.2 Å². The molecule has 0 spiro atoms. The lowest BCUT2D eigenvalue weighted by molar-refractivity contribution is -0.147. The Labute approximate surface area is 383 Å². The van der Waals surface area contributed by atoms with Crippen LogP contribution in [0, 0.1) is 16.6 Å². The van der Waals surface area contributed by atoms with E-state index in [0.29, 0.717) is 40.8 Å². The first-order chi connectivity index (χ1) is 30.9. The summed E-state index contributed by atoms with van der Waals surface area (Å²) < 4.78 is 27.0. The minimum absolute atomic E-state index is 0.175. The summed E-state index contributed by atoms with van der Waals surface area (Å²) in [5, 5.41) is 23.9. The van der Waals surface area contributed by atoms with Gasteiger partial charge in [0.2, 0.25) is 23.6 Å². The molecule has 18 heteroatoms. The molecule has 6 amide bonds. The van der Waals surface area contributed by atoms with E-state index in [1.807, 2.05) is 29.2 Å². The molecule has 3 saturated heterocycles. The van der Waals surface area contributed by atoms with Gasteiger partial charge in [0.1, 0.15) is 41.2 Å². The van der Waals surface area contributed by atoms with Gasteiger partial charge in [0.05, 0.1) is 12.1 Å². The number of nitrogens with one attached hydrogen (secondary N) is 2. The summed E-state index contributed by atoms with van der Waals surface area (Å²) in [6, 6.07) is 16.6. The summed E-state index contributed by atoms with van der Waals surface area (Å²) in [5.74, 6) is -3.11. The van der Waals surface area contributed by atoms with Gasteiger partial charge in [-0.05, 0) is 83.0 Å². The molecule has 6 rings (SSSR count). The zero-order chi connectivity index (χ0) is 48.7. The Balaban J connectivity index is 1.42. The maximum absolute atomic E-state index is 14.6. The van der Waals surface area contributed by atoms with Gasteiger partial charge >= 0.3 is 12.2 Å². The minimum Gasteiger partial charge on any atom is -0.465 e. The van der Waals surface area contributed by atoms with Crippen molar-refractivity contribution < 1.29 is 52.8 Å². The van der Waals surface area contributed by atoms with E-state index in [9.17, 15) is 43.4 Å². The van der Waals surface area contributed by atoms with Gasteiger partial charge in [0.25, 0.3) is 0 Å². The van der Waals surface area contributed by atoms with Crippen molar-refractivity contribution in [2.24, 2.45) is 22.3 Å². The molecule has 356 valence electrons. The molecule has 3 aromatic rings. The van der Waals surface area contributed by atoms with Gasteiger partial charge in [-0.25, -0.2) is 14.0 Å². The smallest absolute Gasteiger partial charge is 0.405 e. The third-order valence-corrected chi connectivity index (χ3v) is 13.5. The lowest BCUT2D eigenvalue weighted by atomic mass is 9.82. The summed E-state index contributed by atoms with van der Waals surface area (Å²) in [7, 11) is 3.11. The Morgan fingerprint density at radius 3 is 1.27 bits per heavy atom. The van der Waals surface area contributed by atoms with Crippen LogP contribution in [-0.4, -0.2) is 107 Å². The quantitative estimate of drug-likeness (QED) is 0.131. The van der Waals surface area contributed by atoms with Crippen molar-refractivity contribution in [3.63, 3.8) is 0 Å². The van der Waals surface area contributed by atoms with Gasteiger partial charge in [0.15, 0.2) is 0 Å². The molecule has 3 heterocycles. The zero-order valence-electron chi connectivity index (χ0n) is 38.7. The van der Waals surface area contributed by atoms with Crippen LogP contribution in [0.25, 0.3) is 0 Å². The van der Waals surface area contributed by atoms with E-state index < -0.39 is 99.9 Å². The summed E-state index contributed by atoms with van der Waals surface area (Å²) in [5.41, 5.74) is 10.4. The summed E-state index contributed by atoms with van der Waals surface area (Å²) in [6.07, 6.45) is -2.75. The van der Waals surface area contributed by atoms with E-state index in [2.05, 4.69) is 10.6 Å². The average molecular weight is 916 g/mol. The normalized spacial score (nSPS) is 25.3. The zero-order valence-corrected chi connectivity index (χ0v) is 38.7. The predicted octanol–water partition coefficient (Wildman–Crippen LogP) is 5.13. The summed E-state index contributed by atoms with van der Waals surface area (Å²) in [4.78, 5) is 84.0. The number of hydrogen-bond donors (Lipinski definition) is 6. The molecule has 0 saturated carbocycles. The number of rotatable bonds is 13. The molecule has 8 atom stereocenters. The molecule has 0 aromatic heterocycles. The number of amides is 6. The van der Waals surface area contributed by atoms with Crippen LogP contribution in [0.1, 0.15) is 102 Å². The van der Waals surface area contributed by atoms with Crippen LogP contribution in [0.2, 0.25) is 0 Å². The lowest BCUT2D eigenvalue weighted by Gasteiger charge is -2.41. The Kier molecular flexibility index (Phi) is 13.8. The SMILES string of the molecule is CO[C@H]1[C@H](OC)[C@H](c2ccc([C@]3(C(N)=O)CCCN3C(=O)[C@@H](NC(=O)O)C(C)(C)C)cc2)N(c2ccc(F)cc2)[C@H]1c1ccc([C@]2(C(N)=O)CCCN2C(=O)[C@@H](NC(=O)O)C(C)(C)C)cc1. The molecule has 0 aliphatic carbocycles. The number of carboxylic acid groups (broad SMARTS) is 2. The molecule has 66 heavy (non-hydrogen) atoms. The Hall–Kier alpha value is -6.27. The second kappa shape index (κ2) is 18.5. The van der Waals surface area contributed by atoms with Crippen molar-refractivity contribution in [3.05, 3.63) is 101 Å². The van der Waals surface area contributed by atoms with Crippen molar-refractivity contribution >= 4 is 41.5 Å². The first-order valence-corrected chi connectivity index (χ1v) is 22.0. The largest absolute Gasteiger partial charge is 0.465 e. The summed E-state index contributed by atoms with van der Waals surface area (Å²) in [6.45, 7) is 10.7. The number of hydrogen-bond acceptors (Lipinski definition) is 9. The van der Waals surface area contributed by atoms with Gasteiger partial charge in [-0.2, -0.15) is 0 Å². The van der Waals surface area contributed by atoms with Crippen molar-refractivity contribution in [2.75, 3.05) is 32.2 Å². The fourth-order valence-electron chi connectivity index (χ4n) is 10.4. The summed E-state index contributed by atoms with van der Waals surface area (Å²) >= 11 is 0. The second-order valence-corrected chi connectivity index (χ2v) is 19.6. The molecule has 0 radical (unpaired) electrons. The van der Waals surface area contributed by atoms with Crippen molar-refractivity contribution in [2.45, 2.75) is 115 Å². The molecule has 0 bridgehead atoms. The Morgan fingerprint density at radius 2 is 0.985 bits per heavy atom. The first kappa shape index (κ1) is 49.2. The lowest BCUT2D eigenvalue weighted by Crippen LogP contribution is -2.61. The highest BCUT2D eigenvalue weighted by Gasteiger charge is 2.56. The molecular formula is C48H62FN7O10. The van der Waals surface area contributed by atoms with Gasteiger partial charge in [-0.1, -0.05) is 90.1 Å². The molecule has 3 aromatic carbocycles. The third-order valence-electron chi connectivity index (χ3n) is 13.5. The highest BCUT2D eigenvalue weighted by molar-refractivity contribution is 5.96. The van der Waals surface area contributed by atoms with Crippen molar-refractivity contribution in [1.82, 2.24) is 20.4 Å². The molecule has 8 N–H and O–H groups in total. The highest BCUT2D eigenvalue weighted by Crippen LogP contribution is 2.51. The number of carbonyl (C=O) groups excluding carboxylic acids is 4. The Morgan fingerprint density at radius 1 is 0.636 bits per heavy atom. The second-order valence-electron chi connectivity index (χ2n) is 19.6. The monoisotopic (exact) mass is 915 g/mol. The molecule has 3 fully saturated rings. The molecule has 3 aliphatic heterocycles. The van der Waals surface area contributed by atoms with E-state index in [4.69, 9.17) is 20.9 Å². The van der Waals surface area contributed by atoms with Gasteiger partial charge in [0, 0.05) is 33.0 Å². The number of nitrogens with two attached hydrogens (primary N) is 2. The number of ether oxygens (including phenoxy) is 2. The number of nitrogens with zero attached hydrogens (tertiary/aromatic N) is 3. The van der Waals surface area contributed by atoms with Crippen molar-refractivity contribution in [1.29, 1.82) is 0 Å². The third kappa shape index (κ3) is 8.75. The highest BCUT2D eigenvalue weighted by atomic mass is 19.1. The van der Waals surface area contributed by atoms with E-state index in [0.717, 1.165) is 0 Å². The minimum atomic E-state index is -1.58. The van der Waals surface area contributed by atoms with Crippen LogP contribution in [0.4, 0.5) is 19.7 Å². The van der Waals surface area contributed by atoms with Gasteiger partial charge < -0.3 is 56.5 Å². The van der Waals surface area contributed by atoms with Crippen LogP contribution in [0.15, 0.2) is 72.8 Å². The fourth-order valence-corrected chi connectivity index (χ4v) is 10.4. The number of primary amides is 2. The van der Waals surface area contributed by atoms with Crippen molar-refractivity contribution in [3.8, 4) is 0 Å². The maximum Gasteiger partial charge on any atom is 0.405 e. The molecule has 3 aliphatic rings.